The standard InChI is InChI=1S/C13H24N4O/c1-5-14-13-15-8-7-12(17-13)16-11(10(3)4)9-18-6-2/h7-8,10-11H,5-6,9H2,1-4H3,(H2,14,15,16,17). The number of ether oxygens (including phenoxy) is 1. The minimum Gasteiger partial charge on any atom is -0.380 e. The first kappa shape index (κ1) is 14.7. The van der Waals surface area contributed by atoms with Crippen LogP contribution in [-0.4, -0.2) is 35.8 Å². The molecule has 1 unspecified atom stereocenters. The van der Waals surface area contributed by atoms with E-state index >= 15 is 0 Å². The summed E-state index contributed by atoms with van der Waals surface area (Å²) in [6.45, 7) is 10.6. The molecule has 1 rings (SSSR count). The molecule has 0 saturated heterocycles. The van der Waals surface area contributed by atoms with Gasteiger partial charge in [0.25, 0.3) is 0 Å². The Hall–Kier alpha value is -1.36. The van der Waals surface area contributed by atoms with Crippen molar-refractivity contribution in [3.05, 3.63) is 12.3 Å². The fourth-order valence-electron chi connectivity index (χ4n) is 1.52. The van der Waals surface area contributed by atoms with Gasteiger partial charge in [-0.1, -0.05) is 13.8 Å². The lowest BCUT2D eigenvalue weighted by Gasteiger charge is -2.22. The highest BCUT2D eigenvalue weighted by Crippen LogP contribution is 2.12. The van der Waals surface area contributed by atoms with Gasteiger partial charge in [-0.05, 0) is 25.8 Å². The molecular weight excluding hydrogens is 228 g/mol. The van der Waals surface area contributed by atoms with Gasteiger partial charge in [-0.15, -0.1) is 0 Å². The summed E-state index contributed by atoms with van der Waals surface area (Å²) in [5, 5.41) is 6.50. The highest BCUT2D eigenvalue weighted by molar-refractivity contribution is 5.40. The molecule has 18 heavy (non-hydrogen) atoms. The molecule has 0 amide bonds. The molecule has 102 valence electrons. The van der Waals surface area contributed by atoms with Crippen LogP contribution in [0.4, 0.5) is 11.8 Å². The quantitative estimate of drug-likeness (QED) is 0.744. The molecule has 5 nitrogen and oxygen atoms in total. The first-order valence-corrected chi connectivity index (χ1v) is 6.58. The Labute approximate surface area is 109 Å². The van der Waals surface area contributed by atoms with Crippen LogP contribution in [0.2, 0.25) is 0 Å². The maximum absolute atomic E-state index is 5.49. The van der Waals surface area contributed by atoms with E-state index in [1.807, 2.05) is 19.9 Å². The highest BCUT2D eigenvalue weighted by atomic mass is 16.5. The third-order valence-corrected chi connectivity index (χ3v) is 2.63. The first-order chi connectivity index (χ1) is 8.67. The molecular formula is C13H24N4O. The lowest BCUT2D eigenvalue weighted by molar-refractivity contribution is 0.126. The van der Waals surface area contributed by atoms with Gasteiger partial charge in [0.15, 0.2) is 0 Å². The zero-order chi connectivity index (χ0) is 13.4. The van der Waals surface area contributed by atoms with Crippen molar-refractivity contribution < 1.29 is 4.74 Å². The number of rotatable bonds is 8. The van der Waals surface area contributed by atoms with Gasteiger partial charge in [0.1, 0.15) is 5.82 Å². The van der Waals surface area contributed by atoms with Crippen LogP contribution in [0.3, 0.4) is 0 Å². The monoisotopic (exact) mass is 252 g/mol. The minimum atomic E-state index is 0.259. The Bertz CT molecular complexity index is 344. The third kappa shape index (κ3) is 4.87. The summed E-state index contributed by atoms with van der Waals surface area (Å²) in [5.74, 6) is 1.97. The van der Waals surface area contributed by atoms with Gasteiger partial charge in [0.05, 0.1) is 12.6 Å². The normalized spacial score (nSPS) is 12.5. The molecule has 5 heteroatoms. The van der Waals surface area contributed by atoms with Crippen molar-refractivity contribution >= 4 is 11.8 Å². The second kappa shape index (κ2) is 7.87. The van der Waals surface area contributed by atoms with Crippen LogP contribution < -0.4 is 10.6 Å². The summed E-state index contributed by atoms with van der Waals surface area (Å²) in [4.78, 5) is 8.55. The molecule has 0 aliphatic rings. The molecule has 0 bridgehead atoms. The van der Waals surface area contributed by atoms with E-state index in [0.29, 0.717) is 18.5 Å². The Balaban J connectivity index is 2.64. The van der Waals surface area contributed by atoms with E-state index in [9.17, 15) is 0 Å². The summed E-state index contributed by atoms with van der Waals surface area (Å²) >= 11 is 0. The lowest BCUT2D eigenvalue weighted by atomic mass is 10.1. The van der Waals surface area contributed by atoms with Gasteiger partial charge in [-0.2, -0.15) is 4.98 Å². The van der Waals surface area contributed by atoms with Crippen molar-refractivity contribution in [1.29, 1.82) is 0 Å². The third-order valence-electron chi connectivity index (χ3n) is 2.63. The number of hydrogen-bond acceptors (Lipinski definition) is 5. The van der Waals surface area contributed by atoms with Crippen LogP contribution in [-0.2, 0) is 4.74 Å². The van der Waals surface area contributed by atoms with Crippen LogP contribution in [0.5, 0.6) is 0 Å². The predicted octanol–water partition coefficient (Wildman–Crippen LogP) is 2.38. The average Bonchev–Trinajstić information content (AvgIpc) is 2.35. The second-order valence-electron chi connectivity index (χ2n) is 4.45. The van der Waals surface area contributed by atoms with Crippen molar-refractivity contribution in [2.45, 2.75) is 33.7 Å². The summed E-state index contributed by atoms with van der Waals surface area (Å²) in [5.41, 5.74) is 0. The lowest BCUT2D eigenvalue weighted by Crippen LogP contribution is -2.31. The first-order valence-electron chi connectivity index (χ1n) is 6.58. The van der Waals surface area contributed by atoms with Gasteiger partial charge in [-0.3, -0.25) is 0 Å². The molecule has 1 aromatic heterocycles. The molecule has 0 aromatic carbocycles. The number of aromatic nitrogens is 2. The zero-order valence-corrected chi connectivity index (χ0v) is 11.7. The topological polar surface area (TPSA) is 59.1 Å². The van der Waals surface area contributed by atoms with Crippen molar-refractivity contribution in [2.24, 2.45) is 5.92 Å². The smallest absolute Gasteiger partial charge is 0.224 e. The SMILES string of the molecule is CCNc1nccc(NC(COCC)C(C)C)n1. The van der Waals surface area contributed by atoms with Crippen LogP contribution in [0, 0.1) is 5.92 Å². The maximum atomic E-state index is 5.49. The van der Waals surface area contributed by atoms with Crippen LogP contribution in [0.1, 0.15) is 27.7 Å². The van der Waals surface area contributed by atoms with Gasteiger partial charge in [0, 0.05) is 19.3 Å². The Kier molecular flexibility index (Phi) is 6.43. The Morgan fingerprint density at radius 1 is 1.33 bits per heavy atom. The molecule has 0 saturated carbocycles. The largest absolute Gasteiger partial charge is 0.380 e. The van der Waals surface area contributed by atoms with E-state index in [1.54, 1.807) is 6.20 Å². The molecule has 0 fully saturated rings. The van der Waals surface area contributed by atoms with E-state index in [1.165, 1.54) is 0 Å². The van der Waals surface area contributed by atoms with E-state index in [0.717, 1.165) is 19.0 Å². The van der Waals surface area contributed by atoms with Crippen molar-refractivity contribution in [3.63, 3.8) is 0 Å². The summed E-state index contributed by atoms with van der Waals surface area (Å²) < 4.78 is 5.49. The highest BCUT2D eigenvalue weighted by Gasteiger charge is 2.14. The van der Waals surface area contributed by atoms with Crippen molar-refractivity contribution in [3.8, 4) is 0 Å². The van der Waals surface area contributed by atoms with Gasteiger partial charge in [0.2, 0.25) is 5.95 Å². The molecule has 0 radical (unpaired) electrons. The summed E-state index contributed by atoms with van der Waals surface area (Å²) in [6.07, 6.45) is 1.76. The summed E-state index contributed by atoms with van der Waals surface area (Å²) in [7, 11) is 0. The van der Waals surface area contributed by atoms with E-state index in [4.69, 9.17) is 4.74 Å². The summed E-state index contributed by atoms with van der Waals surface area (Å²) in [6, 6.07) is 2.14. The van der Waals surface area contributed by atoms with Gasteiger partial charge < -0.3 is 15.4 Å². The fraction of sp³-hybridized carbons (Fsp3) is 0.692. The maximum Gasteiger partial charge on any atom is 0.224 e. The average molecular weight is 252 g/mol. The zero-order valence-electron chi connectivity index (χ0n) is 11.7. The van der Waals surface area contributed by atoms with E-state index < -0.39 is 0 Å². The minimum absolute atomic E-state index is 0.259. The molecule has 0 aliphatic heterocycles. The van der Waals surface area contributed by atoms with Gasteiger partial charge >= 0.3 is 0 Å². The molecule has 0 spiro atoms. The number of anilines is 2. The molecule has 1 atom stereocenters. The number of nitrogens with zero attached hydrogens (tertiary/aromatic N) is 2. The molecule has 1 aromatic rings. The Morgan fingerprint density at radius 3 is 2.72 bits per heavy atom. The van der Waals surface area contributed by atoms with E-state index in [2.05, 4.69) is 34.4 Å². The van der Waals surface area contributed by atoms with Crippen LogP contribution in [0.15, 0.2) is 12.3 Å². The van der Waals surface area contributed by atoms with Crippen molar-refractivity contribution in [2.75, 3.05) is 30.4 Å². The molecule has 2 N–H and O–H groups in total. The molecule has 0 aliphatic carbocycles. The van der Waals surface area contributed by atoms with Crippen LogP contribution >= 0.6 is 0 Å². The predicted molar refractivity (Wildman–Crippen MR) is 74.9 cm³/mol. The number of hydrogen-bond donors (Lipinski definition) is 2. The van der Waals surface area contributed by atoms with E-state index in [-0.39, 0.29) is 6.04 Å². The Morgan fingerprint density at radius 2 is 2.11 bits per heavy atom. The molecule has 1 heterocycles. The van der Waals surface area contributed by atoms with Crippen molar-refractivity contribution in [1.82, 2.24) is 9.97 Å². The second-order valence-corrected chi connectivity index (χ2v) is 4.45. The fourth-order valence-corrected chi connectivity index (χ4v) is 1.52. The van der Waals surface area contributed by atoms with Crippen LogP contribution in [0.25, 0.3) is 0 Å². The van der Waals surface area contributed by atoms with Gasteiger partial charge in [-0.25, -0.2) is 4.98 Å². The number of nitrogens with one attached hydrogen (secondary N) is 2.